The molecule has 0 fully saturated rings. The lowest BCUT2D eigenvalue weighted by atomic mass is 9.99. The molecule has 37 heavy (non-hydrogen) atoms. The van der Waals surface area contributed by atoms with Gasteiger partial charge in [0.2, 0.25) is 15.8 Å². The standard InChI is InChI=1S/C24H17F6N3O3S/c1-2-7-37(35,36)33-19-6-5-18(26)20(21(19)27)22(34)15-11-32-23-14(15)8-13(10-31-23)12-3-4-17(25)16(9-12)24(28,29)30/h3-6,8-11,33H,2,7H2,1H3,(H,31,32). The molecule has 0 atom stereocenters. The lowest BCUT2D eigenvalue weighted by molar-refractivity contribution is -0.139. The van der Waals surface area contributed by atoms with Crippen molar-refractivity contribution in [1.29, 1.82) is 0 Å². The number of benzene rings is 2. The third-order valence-electron chi connectivity index (χ3n) is 5.44. The highest BCUT2D eigenvalue weighted by Crippen LogP contribution is 2.35. The van der Waals surface area contributed by atoms with Crippen LogP contribution in [0.5, 0.6) is 0 Å². The van der Waals surface area contributed by atoms with Gasteiger partial charge < -0.3 is 4.98 Å². The zero-order valence-electron chi connectivity index (χ0n) is 18.9. The summed E-state index contributed by atoms with van der Waals surface area (Å²) in [5.41, 5.74) is -3.32. The quantitative estimate of drug-likeness (QED) is 0.220. The number of pyridine rings is 1. The van der Waals surface area contributed by atoms with Gasteiger partial charge in [0.15, 0.2) is 5.82 Å². The Hall–Kier alpha value is -3.87. The summed E-state index contributed by atoms with van der Waals surface area (Å²) in [7, 11) is -3.95. The first-order valence-electron chi connectivity index (χ1n) is 10.7. The second kappa shape index (κ2) is 9.54. The summed E-state index contributed by atoms with van der Waals surface area (Å²) in [4.78, 5) is 19.9. The van der Waals surface area contributed by atoms with Gasteiger partial charge >= 0.3 is 6.18 Å². The number of aromatic nitrogens is 2. The predicted molar refractivity (Wildman–Crippen MR) is 124 cm³/mol. The lowest BCUT2D eigenvalue weighted by Crippen LogP contribution is -2.18. The molecule has 2 N–H and O–H groups in total. The molecule has 2 aromatic heterocycles. The zero-order valence-corrected chi connectivity index (χ0v) is 19.7. The van der Waals surface area contributed by atoms with E-state index in [0.717, 1.165) is 24.4 Å². The number of halogens is 6. The smallest absolute Gasteiger partial charge is 0.345 e. The summed E-state index contributed by atoms with van der Waals surface area (Å²) in [5.74, 6) is -5.65. The van der Waals surface area contributed by atoms with Gasteiger partial charge in [0.25, 0.3) is 0 Å². The number of ketones is 1. The summed E-state index contributed by atoms with van der Waals surface area (Å²) in [6.07, 6.45) is -2.42. The van der Waals surface area contributed by atoms with Crippen molar-refractivity contribution in [2.24, 2.45) is 0 Å². The number of alkyl halides is 3. The van der Waals surface area contributed by atoms with Gasteiger partial charge in [-0.15, -0.1) is 0 Å². The average molecular weight is 541 g/mol. The minimum Gasteiger partial charge on any atom is -0.345 e. The molecular formula is C24H17F6N3O3S. The highest BCUT2D eigenvalue weighted by molar-refractivity contribution is 7.92. The first-order chi connectivity index (χ1) is 17.3. The van der Waals surface area contributed by atoms with E-state index in [0.29, 0.717) is 12.1 Å². The molecule has 0 unspecified atom stereocenters. The molecule has 0 saturated carbocycles. The maximum absolute atomic E-state index is 15.1. The molecule has 194 valence electrons. The van der Waals surface area contributed by atoms with E-state index < -0.39 is 56.2 Å². The van der Waals surface area contributed by atoms with Crippen molar-refractivity contribution < 1.29 is 39.6 Å². The summed E-state index contributed by atoms with van der Waals surface area (Å²) in [5, 5.41) is 0.0242. The molecule has 2 heterocycles. The van der Waals surface area contributed by atoms with E-state index in [1.807, 2.05) is 4.72 Å². The molecule has 6 nitrogen and oxygen atoms in total. The number of hydrogen-bond donors (Lipinski definition) is 2. The number of anilines is 1. The summed E-state index contributed by atoms with van der Waals surface area (Å²) in [6.45, 7) is 1.59. The van der Waals surface area contributed by atoms with E-state index in [2.05, 4.69) is 9.97 Å². The van der Waals surface area contributed by atoms with Crippen LogP contribution in [0, 0.1) is 17.5 Å². The van der Waals surface area contributed by atoms with E-state index in [1.165, 1.54) is 12.3 Å². The highest BCUT2D eigenvalue weighted by Gasteiger charge is 2.34. The van der Waals surface area contributed by atoms with Crippen molar-refractivity contribution in [2.45, 2.75) is 19.5 Å². The number of carbonyl (C=O) groups is 1. The number of nitrogens with one attached hydrogen (secondary N) is 2. The monoisotopic (exact) mass is 541 g/mol. The Morgan fingerprint density at radius 2 is 1.73 bits per heavy atom. The van der Waals surface area contributed by atoms with Crippen LogP contribution in [0.2, 0.25) is 0 Å². The number of H-pyrrole nitrogens is 1. The third-order valence-corrected chi connectivity index (χ3v) is 6.91. The maximum Gasteiger partial charge on any atom is 0.419 e. The van der Waals surface area contributed by atoms with Crippen molar-refractivity contribution in [3.63, 3.8) is 0 Å². The van der Waals surface area contributed by atoms with Gasteiger partial charge in [-0.1, -0.05) is 13.0 Å². The number of hydrogen-bond acceptors (Lipinski definition) is 4. The van der Waals surface area contributed by atoms with Crippen LogP contribution in [-0.4, -0.2) is 29.9 Å². The van der Waals surface area contributed by atoms with Gasteiger partial charge in [-0.05, 0) is 42.3 Å². The number of carbonyl (C=O) groups excluding carboxylic acids is 1. The van der Waals surface area contributed by atoms with Gasteiger partial charge in [-0.25, -0.2) is 26.6 Å². The molecule has 0 saturated heterocycles. The Balaban J connectivity index is 1.79. The van der Waals surface area contributed by atoms with Crippen LogP contribution >= 0.6 is 0 Å². The second-order valence-corrected chi connectivity index (χ2v) is 9.89. The molecule has 0 spiro atoms. The Morgan fingerprint density at radius 3 is 2.41 bits per heavy atom. The predicted octanol–water partition coefficient (Wildman–Crippen LogP) is 6.05. The number of sulfonamides is 1. The number of aromatic amines is 1. The summed E-state index contributed by atoms with van der Waals surface area (Å²) >= 11 is 0. The molecule has 4 aromatic rings. The Labute approximate surface area is 206 Å². The minimum absolute atomic E-state index is 0.0242. The van der Waals surface area contributed by atoms with E-state index in [4.69, 9.17) is 0 Å². The molecular weight excluding hydrogens is 524 g/mol. The largest absolute Gasteiger partial charge is 0.419 e. The fourth-order valence-corrected chi connectivity index (χ4v) is 4.86. The van der Waals surface area contributed by atoms with Gasteiger partial charge in [0.1, 0.15) is 17.3 Å². The maximum atomic E-state index is 15.1. The van der Waals surface area contributed by atoms with Gasteiger partial charge in [0.05, 0.1) is 22.6 Å². The molecule has 0 amide bonds. The van der Waals surface area contributed by atoms with Crippen molar-refractivity contribution in [3.05, 3.63) is 82.9 Å². The second-order valence-electron chi connectivity index (χ2n) is 8.05. The van der Waals surface area contributed by atoms with Gasteiger partial charge in [-0.2, -0.15) is 13.2 Å². The van der Waals surface area contributed by atoms with Crippen LogP contribution in [0.1, 0.15) is 34.8 Å². The Morgan fingerprint density at radius 1 is 1.03 bits per heavy atom. The molecule has 0 aliphatic heterocycles. The minimum atomic E-state index is -4.95. The fourth-order valence-electron chi connectivity index (χ4n) is 3.73. The highest BCUT2D eigenvalue weighted by atomic mass is 32.2. The molecule has 13 heteroatoms. The molecule has 0 radical (unpaired) electrons. The zero-order chi connectivity index (χ0) is 27.1. The first-order valence-corrected chi connectivity index (χ1v) is 12.3. The van der Waals surface area contributed by atoms with E-state index >= 15 is 4.39 Å². The fraction of sp³-hybridized carbons (Fsp3) is 0.167. The lowest BCUT2D eigenvalue weighted by Gasteiger charge is -2.12. The van der Waals surface area contributed by atoms with E-state index in [1.54, 1.807) is 6.92 Å². The van der Waals surface area contributed by atoms with Crippen LogP contribution in [0.3, 0.4) is 0 Å². The van der Waals surface area contributed by atoms with Gasteiger partial charge in [0, 0.05) is 28.9 Å². The summed E-state index contributed by atoms with van der Waals surface area (Å²) in [6, 6.07) is 5.15. The molecule has 0 aliphatic carbocycles. The number of nitrogens with zero attached hydrogens (tertiary/aromatic N) is 1. The number of rotatable bonds is 7. The van der Waals surface area contributed by atoms with Crippen LogP contribution in [0.4, 0.5) is 32.0 Å². The summed E-state index contributed by atoms with van der Waals surface area (Å²) < 4.78 is 109. The number of fused-ring (bicyclic) bond motifs is 1. The van der Waals surface area contributed by atoms with Crippen LogP contribution in [0.15, 0.2) is 48.8 Å². The Bertz CT molecular complexity index is 1630. The van der Waals surface area contributed by atoms with Crippen LogP contribution in [0.25, 0.3) is 22.2 Å². The Kier molecular flexibility index (Phi) is 6.76. The normalized spacial score (nSPS) is 12.2. The van der Waals surface area contributed by atoms with Crippen molar-refractivity contribution in [2.75, 3.05) is 10.5 Å². The van der Waals surface area contributed by atoms with Gasteiger partial charge in [-0.3, -0.25) is 9.52 Å². The van der Waals surface area contributed by atoms with Crippen molar-refractivity contribution >= 4 is 32.5 Å². The third kappa shape index (κ3) is 5.17. The van der Waals surface area contributed by atoms with Crippen molar-refractivity contribution in [3.8, 4) is 11.1 Å². The topological polar surface area (TPSA) is 91.9 Å². The SMILES string of the molecule is CCCS(=O)(=O)Nc1ccc(F)c(C(=O)c2c[nH]c3ncc(-c4ccc(F)c(C(F)(F)F)c4)cc23)c1F. The van der Waals surface area contributed by atoms with Crippen LogP contribution < -0.4 is 4.72 Å². The average Bonchev–Trinajstić information content (AvgIpc) is 3.24. The van der Waals surface area contributed by atoms with E-state index in [9.17, 15) is 35.2 Å². The van der Waals surface area contributed by atoms with Crippen LogP contribution in [-0.2, 0) is 16.2 Å². The molecule has 2 aromatic carbocycles. The molecule has 0 bridgehead atoms. The van der Waals surface area contributed by atoms with Crippen molar-refractivity contribution in [1.82, 2.24) is 9.97 Å². The first kappa shape index (κ1) is 26.2. The van der Waals surface area contributed by atoms with E-state index in [-0.39, 0.29) is 39.9 Å². The molecule has 0 aliphatic rings. The molecule has 4 rings (SSSR count).